The average Bonchev–Trinajstić information content (AvgIpc) is 2.87. The van der Waals surface area contributed by atoms with Crippen molar-refractivity contribution in [3.05, 3.63) is 24.4 Å². The van der Waals surface area contributed by atoms with Crippen LogP contribution in [-0.4, -0.2) is 27.5 Å². The fraction of sp³-hybridized carbons (Fsp3) is 0.417. The molecule has 1 aromatic heterocycles. The summed E-state index contributed by atoms with van der Waals surface area (Å²) in [7, 11) is 0. The Morgan fingerprint density at radius 2 is 2.31 bits per heavy atom. The molecule has 84 valence electrons. The van der Waals surface area contributed by atoms with Crippen molar-refractivity contribution in [2.75, 3.05) is 0 Å². The summed E-state index contributed by atoms with van der Waals surface area (Å²) >= 11 is 0. The second kappa shape index (κ2) is 3.79. The van der Waals surface area contributed by atoms with Crippen LogP contribution >= 0.6 is 0 Å². The molecule has 2 atom stereocenters. The lowest BCUT2D eigenvalue weighted by Gasteiger charge is -2.12. The fourth-order valence-corrected chi connectivity index (χ4v) is 2.21. The summed E-state index contributed by atoms with van der Waals surface area (Å²) in [6, 6.07) is 5.87. The van der Waals surface area contributed by atoms with Crippen molar-refractivity contribution in [3.8, 4) is 5.75 Å². The van der Waals surface area contributed by atoms with Crippen molar-refractivity contribution in [2.45, 2.75) is 31.5 Å². The number of H-pyrrole nitrogens is 1. The maximum atomic E-state index is 9.42. The van der Waals surface area contributed by atoms with Crippen molar-refractivity contribution in [2.24, 2.45) is 0 Å². The number of ether oxygens (including phenoxy) is 1. The molecule has 2 unspecified atom stereocenters. The lowest BCUT2D eigenvalue weighted by molar-refractivity contribution is 0.150. The van der Waals surface area contributed by atoms with Crippen LogP contribution in [-0.2, 0) is 0 Å². The van der Waals surface area contributed by atoms with Crippen molar-refractivity contribution in [1.82, 2.24) is 10.2 Å². The zero-order valence-electron chi connectivity index (χ0n) is 8.89. The largest absolute Gasteiger partial charge is 0.490 e. The fourth-order valence-electron chi connectivity index (χ4n) is 2.21. The van der Waals surface area contributed by atoms with Crippen molar-refractivity contribution < 1.29 is 9.84 Å². The van der Waals surface area contributed by atoms with E-state index in [-0.39, 0.29) is 12.2 Å². The summed E-state index contributed by atoms with van der Waals surface area (Å²) in [5.74, 6) is 0.855. The second-order valence-corrected chi connectivity index (χ2v) is 4.33. The number of aromatic nitrogens is 2. The minimum Gasteiger partial charge on any atom is -0.490 e. The number of hydrogen-bond acceptors (Lipinski definition) is 3. The number of nitrogens with one attached hydrogen (secondary N) is 1. The Labute approximate surface area is 93.2 Å². The van der Waals surface area contributed by atoms with E-state index in [2.05, 4.69) is 10.2 Å². The summed E-state index contributed by atoms with van der Waals surface area (Å²) < 4.78 is 5.82. The van der Waals surface area contributed by atoms with E-state index in [4.69, 9.17) is 4.74 Å². The quantitative estimate of drug-likeness (QED) is 0.808. The molecule has 1 heterocycles. The van der Waals surface area contributed by atoms with Crippen LogP contribution in [0.25, 0.3) is 10.9 Å². The highest BCUT2D eigenvalue weighted by atomic mass is 16.5. The first-order chi connectivity index (χ1) is 7.81. The van der Waals surface area contributed by atoms with Crippen LogP contribution in [0, 0.1) is 0 Å². The summed E-state index contributed by atoms with van der Waals surface area (Å²) in [6.45, 7) is 0. The standard InChI is InChI=1S/C12H14N2O2/c15-9-1-2-11(6-9)16-10-3-4-12-8(5-10)7-13-14-12/h3-5,7,9,11,15H,1-2,6H2,(H,13,14). The summed E-state index contributed by atoms with van der Waals surface area (Å²) in [5.41, 5.74) is 1.01. The predicted molar refractivity (Wildman–Crippen MR) is 60.4 cm³/mol. The number of nitrogens with zero attached hydrogens (tertiary/aromatic N) is 1. The summed E-state index contributed by atoms with van der Waals surface area (Å²) in [6.07, 6.45) is 4.26. The van der Waals surface area contributed by atoms with E-state index in [9.17, 15) is 5.11 Å². The molecule has 3 rings (SSSR count). The predicted octanol–water partition coefficient (Wildman–Crippen LogP) is 1.86. The Balaban J connectivity index is 1.78. The molecule has 1 saturated carbocycles. The molecule has 1 aliphatic carbocycles. The number of aromatic amines is 1. The highest BCUT2D eigenvalue weighted by molar-refractivity contribution is 5.79. The van der Waals surface area contributed by atoms with Crippen molar-refractivity contribution in [3.63, 3.8) is 0 Å². The van der Waals surface area contributed by atoms with Gasteiger partial charge >= 0.3 is 0 Å². The minimum atomic E-state index is -0.192. The first-order valence-electron chi connectivity index (χ1n) is 5.59. The van der Waals surface area contributed by atoms with Gasteiger partial charge in [-0.15, -0.1) is 0 Å². The minimum absolute atomic E-state index is 0.152. The monoisotopic (exact) mass is 218 g/mol. The maximum Gasteiger partial charge on any atom is 0.120 e. The molecule has 1 aromatic carbocycles. The Bertz CT molecular complexity index is 494. The third kappa shape index (κ3) is 1.76. The van der Waals surface area contributed by atoms with Crippen LogP contribution in [0.5, 0.6) is 5.75 Å². The van der Waals surface area contributed by atoms with E-state index in [0.29, 0.717) is 0 Å². The van der Waals surface area contributed by atoms with E-state index in [0.717, 1.165) is 35.9 Å². The van der Waals surface area contributed by atoms with Crippen molar-refractivity contribution in [1.29, 1.82) is 0 Å². The molecule has 0 radical (unpaired) electrons. The SMILES string of the molecule is OC1CCC(Oc2ccc3[nH]ncc3c2)C1. The smallest absolute Gasteiger partial charge is 0.120 e. The van der Waals surface area contributed by atoms with Gasteiger partial charge < -0.3 is 9.84 Å². The zero-order valence-corrected chi connectivity index (χ0v) is 8.89. The number of rotatable bonds is 2. The molecule has 0 saturated heterocycles. The Kier molecular flexibility index (Phi) is 2.29. The van der Waals surface area contributed by atoms with Gasteiger partial charge in [0, 0.05) is 11.8 Å². The number of benzene rings is 1. The number of hydrogen-bond donors (Lipinski definition) is 2. The molecule has 0 spiro atoms. The molecule has 0 bridgehead atoms. The molecule has 0 aliphatic heterocycles. The lowest BCUT2D eigenvalue weighted by atomic mass is 10.2. The molecule has 1 fully saturated rings. The van der Waals surface area contributed by atoms with Gasteiger partial charge in [0.1, 0.15) is 11.9 Å². The van der Waals surface area contributed by atoms with Gasteiger partial charge in [0.15, 0.2) is 0 Å². The highest BCUT2D eigenvalue weighted by Crippen LogP contribution is 2.26. The van der Waals surface area contributed by atoms with Gasteiger partial charge in [-0.05, 0) is 31.0 Å². The molecule has 2 aromatic rings. The third-order valence-electron chi connectivity index (χ3n) is 3.07. The van der Waals surface area contributed by atoms with Crippen LogP contribution in [0.1, 0.15) is 19.3 Å². The van der Waals surface area contributed by atoms with Gasteiger partial charge in [-0.1, -0.05) is 0 Å². The van der Waals surface area contributed by atoms with Gasteiger partial charge in [-0.25, -0.2) is 0 Å². The first-order valence-corrected chi connectivity index (χ1v) is 5.59. The molecule has 0 amide bonds. The molecule has 4 nitrogen and oxygen atoms in total. The first kappa shape index (κ1) is 9.66. The van der Waals surface area contributed by atoms with E-state index in [1.54, 1.807) is 6.20 Å². The Hall–Kier alpha value is -1.55. The van der Waals surface area contributed by atoms with Gasteiger partial charge in [0.05, 0.1) is 17.8 Å². The highest BCUT2D eigenvalue weighted by Gasteiger charge is 2.24. The number of aliphatic hydroxyl groups excluding tert-OH is 1. The third-order valence-corrected chi connectivity index (χ3v) is 3.07. The molecule has 2 N–H and O–H groups in total. The van der Waals surface area contributed by atoms with E-state index in [1.165, 1.54) is 0 Å². The molecule has 4 heteroatoms. The summed E-state index contributed by atoms with van der Waals surface area (Å²) in [5, 5.41) is 17.3. The van der Waals surface area contributed by atoms with Crippen LogP contribution in [0.2, 0.25) is 0 Å². The molecular formula is C12H14N2O2. The average molecular weight is 218 g/mol. The van der Waals surface area contributed by atoms with E-state index >= 15 is 0 Å². The van der Waals surface area contributed by atoms with Gasteiger partial charge in [-0.3, -0.25) is 5.10 Å². The van der Waals surface area contributed by atoms with Gasteiger partial charge in [0.2, 0.25) is 0 Å². The van der Waals surface area contributed by atoms with Crippen LogP contribution in [0.15, 0.2) is 24.4 Å². The molecule has 1 aliphatic rings. The van der Waals surface area contributed by atoms with Crippen LogP contribution in [0.4, 0.5) is 0 Å². The summed E-state index contributed by atoms with van der Waals surface area (Å²) in [4.78, 5) is 0. The van der Waals surface area contributed by atoms with Gasteiger partial charge in [-0.2, -0.15) is 5.10 Å². The number of fused-ring (bicyclic) bond motifs is 1. The van der Waals surface area contributed by atoms with Crippen molar-refractivity contribution >= 4 is 10.9 Å². The number of aliphatic hydroxyl groups is 1. The Morgan fingerprint density at radius 1 is 1.38 bits per heavy atom. The molecule has 16 heavy (non-hydrogen) atoms. The van der Waals surface area contributed by atoms with E-state index in [1.807, 2.05) is 18.2 Å². The van der Waals surface area contributed by atoms with Crippen LogP contribution < -0.4 is 4.74 Å². The van der Waals surface area contributed by atoms with Gasteiger partial charge in [0.25, 0.3) is 0 Å². The normalized spacial score (nSPS) is 25.1. The second-order valence-electron chi connectivity index (χ2n) is 4.33. The maximum absolute atomic E-state index is 9.42. The Morgan fingerprint density at radius 3 is 3.12 bits per heavy atom. The lowest BCUT2D eigenvalue weighted by Crippen LogP contribution is -2.13. The zero-order chi connectivity index (χ0) is 11.0. The van der Waals surface area contributed by atoms with E-state index < -0.39 is 0 Å². The molecular weight excluding hydrogens is 204 g/mol. The van der Waals surface area contributed by atoms with Crippen LogP contribution in [0.3, 0.4) is 0 Å². The topological polar surface area (TPSA) is 58.1 Å².